The summed E-state index contributed by atoms with van der Waals surface area (Å²) in [7, 11) is 0. The molecule has 1 amide bonds. The lowest BCUT2D eigenvalue weighted by Crippen LogP contribution is -2.44. The first-order chi connectivity index (χ1) is 8.26. The van der Waals surface area contributed by atoms with Crippen LogP contribution in [0.4, 0.5) is 4.79 Å². The highest BCUT2D eigenvalue weighted by molar-refractivity contribution is 5.68. The van der Waals surface area contributed by atoms with E-state index in [1.807, 2.05) is 0 Å². The summed E-state index contributed by atoms with van der Waals surface area (Å²) in [5, 5.41) is 11.3. The van der Waals surface area contributed by atoms with Crippen LogP contribution in [0.2, 0.25) is 0 Å². The minimum absolute atomic E-state index is 0.0381. The van der Waals surface area contributed by atoms with Gasteiger partial charge in [-0.2, -0.15) is 0 Å². The van der Waals surface area contributed by atoms with Crippen LogP contribution in [0.25, 0.3) is 0 Å². The van der Waals surface area contributed by atoms with Crippen molar-refractivity contribution in [2.75, 3.05) is 6.61 Å². The third-order valence-corrected chi connectivity index (χ3v) is 2.53. The fourth-order valence-corrected chi connectivity index (χ4v) is 1.84. The lowest BCUT2D eigenvalue weighted by molar-refractivity contribution is -0.139. The van der Waals surface area contributed by atoms with E-state index < -0.39 is 23.9 Å². The van der Waals surface area contributed by atoms with E-state index in [1.54, 1.807) is 20.8 Å². The molecule has 0 aliphatic carbocycles. The molecule has 0 aromatic rings. The highest BCUT2D eigenvalue weighted by atomic mass is 16.6. The monoisotopic (exact) mass is 259 g/mol. The van der Waals surface area contributed by atoms with Gasteiger partial charge in [0.15, 0.2) is 0 Å². The molecule has 0 saturated carbocycles. The topological polar surface area (TPSA) is 84.9 Å². The van der Waals surface area contributed by atoms with E-state index in [1.165, 1.54) is 0 Å². The van der Waals surface area contributed by atoms with Gasteiger partial charge in [-0.25, -0.2) is 4.79 Å². The molecule has 1 fully saturated rings. The molecule has 0 aromatic carbocycles. The van der Waals surface area contributed by atoms with Gasteiger partial charge in [0.05, 0.1) is 0 Å². The van der Waals surface area contributed by atoms with Gasteiger partial charge in [0.1, 0.15) is 11.8 Å². The fourth-order valence-electron chi connectivity index (χ4n) is 1.84. The second-order valence-corrected chi connectivity index (χ2v) is 5.49. The molecule has 2 atom stereocenters. The Bertz CT molecular complexity index is 310. The maximum absolute atomic E-state index is 11.5. The van der Waals surface area contributed by atoms with Crippen molar-refractivity contribution in [2.45, 2.75) is 51.9 Å². The van der Waals surface area contributed by atoms with Crippen LogP contribution in [0.1, 0.15) is 40.0 Å². The lowest BCUT2D eigenvalue weighted by atomic mass is 9.95. The normalized spacial score (nSPS) is 24.4. The Balaban J connectivity index is 2.38. The Labute approximate surface area is 107 Å². The van der Waals surface area contributed by atoms with Crippen LogP contribution in [0.15, 0.2) is 0 Å². The summed E-state index contributed by atoms with van der Waals surface area (Å²) in [6.45, 7) is 5.79. The number of aliphatic carboxylic acids is 1. The molecule has 0 radical (unpaired) electrons. The first kappa shape index (κ1) is 14.8. The summed E-state index contributed by atoms with van der Waals surface area (Å²) in [6.07, 6.45) is 0.321. The molecule has 6 nitrogen and oxygen atoms in total. The summed E-state index contributed by atoms with van der Waals surface area (Å²) < 4.78 is 10.5. The van der Waals surface area contributed by atoms with Crippen LogP contribution >= 0.6 is 0 Å². The molecule has 1 heterocycles. The van der Waals surface area contributed by atoms with Crippen LogP contribution < -0.4 is 5.32 Å². The van der Waals surface area contributed by atoms with Gasteiger partial charge in [-0.15, -0.1) is 0 Å². The molecule has 0 aromatic heterocycles. The van der Waals surface area contributed by atoms with Crippen molar-refractivity contribution in [2.24, 2.45) is 5.92 Å². The summed E-state index contributed by atoms with van der Waals surface area (Å²) in [4.78, 5) is 22.2. The second kappa shape index (κ2) is 6.04. The summed E-state index contributed by atoms with van der Waals surface area (Å²) in [5.41, 5.74) is -0.556. The average Bonchev–Trinajstić information content (AvgIpc) is 2.13. The number of carboxylic acids is 1. The largest absolute Gasteiger partial charge is 0.481 e. The van der Waals surface area contributed by atoms with Gasteiger partial charge in [0.2, 0.25) is 0 Å². The highest BCUT2D eigenvalue weighted by Crippen LogP contribution is 2.22. The first-order valence-corrected chi connectivity index (χ1v) is 6.09. The number of hydrogen-bond donors (Lipinski definition) is 2. The summed E-state index contributed by atoms with van der Waals surface area (Å²) in [5.74, 6) is -0.783. The van der Waals surface area contributed by atoms with E-state index in [2.05, 4.69) is 5.32 Å². The Morgan fingerprint density at radius 1 is 1.44 bits per heavy atom. The van der Waals surface area contributed by atoms with Gasteiger partial charge in [-0.1, -0.05) is 0 Å². The Kier molecular flexibility index (Phi) is 4.95. The van der Waals surface area contributed by atoms with Gasteiger partial charge >= 0.3 is 12.1 Å². The SMILES string of the molecule is CC(C)(C)OC(=O)N[C@H]1C[C@@H](CC(=O)O)CCO1. The minimum atomic E-state index is -0.821. The maximum atomic E-state index is 11.5. The molecule has 104 valence electrons. The highest BCUT2D eigenvalue weighted by Gasteiger charge is 2.27. The maximum Gasteiger partial charge on any atom is 0.409 e. The number of rotatable bonds is 3. The number of carboxylic acid groups (broad SMARTS) is 1. The molecule has 0 unspecified atom stereocenters. The first-order valence-electron chi connectivity index (χ1n) is 6.09. The molecule has 1 aliphatic heterocycles. The van der Waals surface area contributed by atoms with E-state index in [0.29, 0.717) is 19.4 Å². The Morgan fingerprint density at radius 3 is 2.67 bits per heavy atom. The standard InChI is InChI=1S/C12H21NO5/c1-12(2,3)18-11(16)13-9-6-8(4-5-17-9)7-10(14)15/h8-9H,4-7H2,1-3H3,(H,13,16)(H,14,15)/t8-,9+/m0/s1. The fraction of sp³-hybridized carbons (Fsp3) is 0.833. The quantitative estimate of drug-likeness (QED) is 0.806. The van der Waals surface area contributed by atoms with Crippen molar-refractivity contribution in [3.8, 4) is 0 Å². The molecular weight excluding hydrogens is 238 g/mol. The number of carbonyl (C=O) groups is 2. The van der Waals surface area contributed by atoms with Gasteiger partial charge in [0, 0.05) is 13.0 Å². The summed E-state index contributed by atoms with van der Waals surface area (Å²) in [6, 6.07) is 0. The van der Waals surface area contributed by atoms with Crippen LogP contribution in [-0.2, 0) is 14.3 Å². The third-order valence-electron chi connectivity index (χ3n) is 2.53. The number of carbonyl (C=O) groups excluding carboxylic acids is 1. The zero-order chi connectivity index (χ0) is 13.8. The molecule has 6 heteroatoms. The number of hydrogen-bond acceptors (Lipinski definition) is 4. The van der Waals surface area contributed by atoms with Crippen LogP contribution in [0.5, 0.6) is 0 Å². The predicted octanol–water partition coefficient (Wildman–Crippen LogP) is 1.74. The van der Waals surface area contributed by atoms with Crippen LogP contribution in [0, 0.1) is 5.92 Å². The molecule has 1 rings (SSSR count). The Hall–Kier alpha value is -1.30. The van der Waals surface area contributed by atoms with Gasteiger partial charge < -0.3 is 14.6 Å². The van der Waals surface area contributed by atoms with Crippen molar-refractivity contribution in [1.29, 1.82) is 0 Å². The van der Waals surface area contributed by atoms with Crippen molar-refractivity contribution < 1.29 is 24.2 Å². The number of alkyl carbamates (subject to hydrolysis) is 1. The molecule has 2 N–H and O–H groups in total. The van der Waals surface area contributed by atoms with E-state index in [0.717, 1.165) is 0 Å². The molecule has 18 heavy (non-hydrogen) atoms. The number of amides is 1. The van der Waals surface area contributed by atoms with Crippen molar-refractivity contribution >= 4 is 12.1 Å². The zero-order valence-electron chi connectivity index (χ0n) is 11.1. The molecule has 1 saturated heterocycles. The minimum Gasteiger partial charge on any atom is -0.481 e. The van der Waals surface area contributed by atoms with Gasteiger partial charge in [0.25, 0.3) is 0 Å². The van der Waals surface area contributed by atoms with Gasteiger partial charge in [-0.3, -0.25) is 10.1 Å². The third kappa shape index (κ3) is 5.86. The molecule has 1 aliphatic rings. The van der Waals surface area contributed by atoms with Crippen LogP contribution in [0.3, 0.4) is 0 Å². The van der Waals surface area contributed by atoms with E-state index in [9.17, 15) is 9.59 Å². The summed E-state index contributed by atoms with van der Waals surface area (Å²) >= 11 is 0. The van der Waals surface area contributed by atoms with E-state index in [4.69, 9.17) is 14.6 Å². The van der Waals surface area contributed by atoms with Gasteiger partial charge in [-0.05, 0) is 39.5 Å². The van der Waals surface area contributed by atoms with Crippen molar-refractivity contribution in [3.63, 3.8) is 0 Å². The molecule has 0 bridgehead atoms. The average molecular weight is 259 g/mol. The second-order valence-electron chi connectivity index (χ2n) is 5.49. The Morgan fingerprint density at radius 2 is 2.11 bits per heavy atom. The number of nitrogens with one attached hydrogen (secondary N) is 1. The zero-order valence-corrected chi connectivity index (χ0v) is 11.1. The van der Waals surface area contributed by atoms with E-state index in [-0.39, 0.29) is 12.3 Å². The van der Waals surface area contributed by atoms with Crippen molar-refractivity contribution in [3.05, 3.63) is 0 Å². The van der Waals surface area contributed by atoms with E-state index >= 15 is 0 Å². The molecule has 0 spiro atoms. The predicted molar refractivity (Wildman–Crippen MR) is 64.1 cm³/mol. The van der Waals surface area contributed by atoms with Crippen LogP contribution in [-0.4, -0.2) is 35.6 Å². The number of ether oxygens (including phenoxy) is 2. The lowest BCUT2D eigenvalue weighted by Gasteiger charge is -2.30. The van der Waals surface area contributed by atoms with Crippen molar-refractivity contribution in [1.82, 2.24) is 5.32 Å². The molecular formula is C12H21NO5. The smallest absolute Gasteiger partial charge is 0.409 e.